The van der Waals surface area contributed by atoms with Gasteiger partial charge in [0.05, 0.1) is 4.90 Å². The summed E-state index contributed by atoms with van der Waals surface area (Å²) < 4.78 is 24.0. The molecule has 3 N–H and O–H groups in total. The topological polar surface area (TPSA) is 98.5 Å². The van der Waals surface area contributed by atoms with Gasteiger partial charge in [-0.25, -0.2) is 17.9 Å². The molecule has 0 atom stereocenters. The van der Waals surface area contributed by atoms with Crippen LogP contribution >= 0.6 is 11.3 Å². The van der Waals surface area contributed by atoms with E-state index in [-0.39, 0.29) is 4.90 Å². The highest BCUT2D eigenvalue weighted by atomic mass is 32.2. The van der Waals surface area contributed by atoms with E-state index < -0.39 is 16.1 Å². The normalized spacial score (nSPS) is 10.8. The fourth-order valence-electron chi connectivity index (χ4n) is 0.598. The van der Waals surface area contributed by atoms with Crippen LogP contribution in [0.2, 0.25) is 0 Å². The lowest BCUT2D eigenvalue weighted by atomic mass is 10.7. The van der Waals surface area contributed by atoms with Gasteiger partial charge in [-0.3, -0.25) is 0 Å². The van der Waals surface area contributed by atoms with Gasteiger partial charge in [-0.2, -0.15) is 17.2 Å². The zero-order valence-electron chi connectivity index (χ0n) is 6.26. The van der Waals surface area contributed by atoms with Crippen LogP contribution in [0.3, 0.4) is 0 Å². The van der Waals surface area contributed by atoms with Crippen molar-refractivity contribution in [2.75, 3.05) is 0 Å². The van der Waals surface area contributed by atoms with Gasteiger partial charge < -0.3 is 4.84 Å². The second-order valence-electron chi connectivity index (χ2n) is 1.97. The van der Waals surface area contributed by atoms with Crippen molar-refractivity contribution in [1.82, 2.24) is 4.72 Å². The van der Waals surface area contributed by atoms with Gasteiger partial charge in [0, 0.05) is 5.38 Å². The van der Waals surface area contributed by atoms with E-state index in [2.05, 4.69) is 10.7 Å². The molecule has 0 spiro atoms. The second kappa shape index (κ2) is 3.73. The molecule has 6 nitrogen and oxygen atoms in total. The number of carbonyl (C=O) groups excluding carboxylic acids is 1. The summed E-state index contributed by atoms with van der Waals surface area (Å²) in [4.78, 5) is 14.1. The molecule has 72 valence electrons. The zero-order valence-corrected chi connectivity index (χ0v) is 7.89. The largest absolute Gasteiger partial charge is 0.439 e. The third-order valence-corrected chi connectivity index (χ3v) is 3.27. The maximum atomic E-state index is 11.2. The first-order valence-corrected chi connectivity index (χ1v) is 5.44. The number of nitrogens with one attached hydrogen (secondary N) is 1. The van der Waals surface area contributed by atoms with E-state index in [0.717, 1.165) is 0 Å². The number of thiophene rings is 1. The fraction of sp³-hybridized carbons (Fsp3) is 0. The van der Waals surface area contributed by atoms with Crippen molar-refractivity contribution in [3.63, 3.8) is 0 Å². The molecule has 0 bridgehead atoms. The molecule has 1 aromatic heterocycles. The highest BCUT2D eigenvalue weighted by Gasteiger charge is 2.17. The Balaban J connectivity index is 2.86. The molecular weight excluding hydrogens is 216 g/mol. The van der Waals surface area contributed by atoms with Crippen LogP contribution < -0.4 is 10.6 Å². The SMILES string of the molecule is NOC(=O)NS(=O)(=O)c1ccsc1. The summed E-state index contributed by atoms with van der Waals surface area (Å²) in [5.74, 6) is 4.46. The van der Waals surface area contributed by atoms with Crippen LogP contribution in [-0.2, 0) is 14.9 Å². The molecule has 0 radical (unpaired) electrons. The minimum Gasteiger partial charge on any atom is -0.356 e. The maximum Gasteiger partial charge on any atom is 0.439 e. The van der Waals surface area contributed by atoms with Crippen molar-refractivity contribution in [1.29, 1.82) is 0 Å². The van der Waals surface area contributed by atoms with E-state index >= 15 is 0 Å². The predicted molar refractivity (Wildman–Crippen MR) is 45.3 cm³/mol. The molecule has 8 heteroatoms. The van der Waals surface area contributed by atoms with Crippen molar-refractivity contribution < 1.29 is 18.0 Å². The highest BCUT2D eigenvalue weighted by molar-refractivity contribution is 7.90. The van der Waals surface area contributed by atoms with E-state index in [0.29, 0.717) is 0 Å². The molecule has 13 heavy (non-hydrogen) atoms. The molecule has 0 aromatic carbocycles. The Bertz CT molecular complexity index is 383. The van der Waals surface area contributed by atoms with E-state index in [1.165, 1.54) is 22.8 Å². The van der Waals surface area contributed by atoms with Gasteiger partial charge in [-0.15, -0.1) is 0 Å². The van der Waals surface area contributed by atoms with E-state index in [1.54, 1.807) is 10.1 Å². The standard InChI is InChI=1S/C5H6N2O4S2/c6-11-5(8)7-13(9,10)4-1-2-12-3-4/h1-3H,6H2,(H,7,8). The van der Waals surface area contributed by atoms with Crippen molar-refractivity contribution in [2.45, 2.75) is 4.90 Å². The van der Waals surface area contributed by atoms with Gasteiger partial charge in [0.15, 0.2) is 0 Å². The van der Waals surface area contributed by atoms with Crippen LogP contribution in [0.5, 0.6) is 0 Å². The zero-order chi connectivity index (χ0) is 9.90. The third-order valence-electron chi connectivity index (χ3n) is 1.13. The maximum absolute atomic E-state index is 11.2. The average molecular weight is 222 g/mol. The summed E-state index contributed by atoms with van der Waals surface area (Å²) in [5, 5.41) is 2.95. The third kappa shape index (κ3) is 2.41. The van der Waals surface area contributed by atoms with Crippen LogP contribution in [0.4, 0.5) is 4.79 Å². The predicted octanol–water partition coefficient (Wildman–Crippen LogP) is 0.0367. The molecule has 0 fully saturated rings. The lowest BCUT2D eigenvalue weighted by Crippen LogP contribution is -2.32. The highest BCUT2D eigenvalue weighted by Crippen LogP contribution is 2.12. The molecule has 0 aliphatic heterocycles. The van der Waals surface area contributed by atoms with Crippen molar-refractivity contribution >= 4 is 27.5 Å². The quantitative estimate of drug-likeness (QED) is 0.688. The Morgan fingerprint density at radius 3 is 2.77 bits per heavy atom. The minimum atomic E-state index is -3.82. The Morgan fingerprint density at radius 1 is 1.62 bits per heavy atom. The summed E-state index contributed by atoms with van der Waals surface area (Å²) in [5.41, 5.74) is 0. The number of rotatable bonds is 2. The van der Waals surface area contributed by atoms with Gasteiger partial charge in [0.2, 0.25) is 0 Å². The van der Waals surface area contributed by atoms with Gasteiger partial charge >= 0.3 is 6.09 Å². The van der Waals surface area contributed by atoms with Gasteiger partial charge in [-0.05, 0) is 11.4 Å². The number of hydrogen-bond donors (Lipinski definition) is 2. The molecule has 0 aliphatic carbocycles. The first-order valence-electron chi connectivity index (χ1n) is 3.02. The number of sulfonamides is 1. The number of amides is 1. The molecule has 0 aliphatic rings. The smallest absolute Gasteiger partial charge is 0.356 e. The Morgan fingerprint density at radius 2 is 2.31 bits per heavy atom. The number of nitrogens with two attached hydrogens (primary N) is 1. The van der Waals surface area contributed by atoms with Gasteiger partial charge in [0.1, 0.15) is 0 Å². The summed E-state index contributed by atoms with van der Waals surface area (Å²) in [7, 11) is -3.82. The van der Waals surface area contributed by atoms with E-state index in [4.69, 9.17) is 0 Å². The summed E-state index contributed by atoms with van der Waals surface area (Å²) in [6.45, 7) is 0. The number of carbonyl (C=O) groups is 1. The molecule has 1 aromatic rings. The monoisotopic (exact) mass is 222 g/mol. The van der Waals surface area contributed by atoms with Crippen LogP contribution in [0.1, 0.15) is 0 Å². The van der Waals surface area contributed by atoms with Crippen LogP contribution in [0.15, 0.2) is 21.7 Å². The first-order chi connectivity index (χ1) is 6.06. The van der Waals surface area contributed by atoms with Crippen LogP contribution in [-0.4, -0.2) is 14.5 Å². The van der Waals surface area contributed by atoms with Crippen LogP contribution in [0.25, 0.3) is 0 Å². The van der Waals surface area contributed by atoms with Crippen molar-refractivity contribution in [3.05, 3.63) is 16.8 Å². The average Bonchev–Trinajstić information content (AvgIpc) is 2.55. The molecule has 0 saturated heterocycles. The summed E-state index contributed by atoms with van der Waals surface area (Å²) in [6, 6.07) is 1.36. The fourth-order valence-corrected chi connectivity index (χ4v) is 2.51. The van der Waals surface area contributed by atoms with E-state index in [1.807, 2.05) is 0 Å². The van der Waals surface area contributed by atoms with E-state index in [9.17, 15) is 13.2 Å². The molecular formula is C5H6N2O4S2. The van der Waals surface area contributed by atoms with Gasteiger partial charge in [0.25, 0.3) is 10.0 Å². The Labute approximate surface area is 78.3 Å². The minimum absolute atomic E-state index is 0.00269. The lowest BCUT2D eigenvalue weighted by molar-refractivity contribution is 0.154. The number of hydrogen-bond acceptors (Lipinski definition) is 6. The molecule has 1 rings (SSSR count). The Hall–Kier alpha value is -1.12. The summed E-state index contributed by atoms with van der Waals surface area (Å²) >= 11 is 1.20. The Kier molecular flexibility index (Phi) is 2.86. The molecule has 0 saturated carbocycles. The van der Waals surface area contributed by atoms with Crippen LogP contribution in [0, 0.1) is 0 Å². The second-order valence-corrected chi connectivity index (χ2v) is 4.43. The van der Waals surface area contributed by atoms with Crippen molar-refractivity contribution in [2.24, 2.45) is 5.90 Å². The molecule has 0 unspecified atom stereocenters. The lowest BCUT2D eigenvalue weighted by Gasteiger charge is -2.01. The van der Waals surface area contributed by atoms with Gasteiger partial charge in [-0.1, -0.05) is 0 Å². The molecule has 1 amide bonds. The van der Waals surface area contributed by atoms with Crippen molar-refractivity contribution in [3.8, 4) is 0 Å². The molecule has 1 heterocycles. The summed E-state index contributed by atoms with van der Waals surface area (Å²) in [6.07, 6.45) is -1.22. The first kappa shape index (κ1) is 9.96.